The fraction of sp³-hybridized carbons (Fsp3) is 0.412. The molecule has 0 amide bonds. The van der Waals surface area contributed by atoms with Crippen LogP contribution < -0.4 is 4.74 Å². The summed E-state index contributed by atoms with van der Waals surface area (Å²) >= 11 is 0. The summed E-state index contributed by atoms with van der Waals surface area (Å²) in [4.78, 5) is 23.5. The normalized spacial score (nSPS) is 21.1. The zero-order valence-corrected chi connectivity index (χ0v) is 12.3. The molecule has 0 spiro atoms. The molecule has 4 heteroatoms. The Labute approximate surface area is 124 Å². The molecule has 0 aromatic heterocycles. The van der Waals surface area contributed by atoms with Crippen molar-refractivity contribution in [2.45, 2.75) is 38.2 Å². The molecular formula is C17H18O4. The topological polar surface area (TPSA) is 52.6 Å². The maximum atomic E-state index is 12.2. The number of esters is 1. The summed E-state index contributed by atoms with van der Waals surface area (Å²) in [5, 5.41) is 0. The molecular weight excluding hydrogens is 268 g/mol. The monoisotopic (exact) mass is 286 g/mol. The number of ether oxygens (including phenoxy) is 2. The molecule has 0 aliphatic heterocycles. The van der Waals surface area contributed by atoms with E-state index >= 15 is 0 Å². The molecule has 1 fully saturated rings. The lowest BCUT2D eigenvalue weighted by Gasteiger charge is -2.29. The molecule has 1 atom stereocenters. The molecule has 4 nitrogen and oxygen atoms in total. The van der Waals surface area contributed by atoms with Crippen molar-refractivity contribution < 1.29 is 19.1 Å². The maximum Gasteiger partial charge on any atom is 0.304 e. The SMILES string of the molecule is COc1ccc(C#CC2(OC(C)=O)CCCCC2=O)cc1. The summed E-state index contributed by atoms with van der Waals surface area (Å²) in [5.41, 5.74) is -0.523. The first kappa shape index (κ1) is 15.1. The highest BCUT2D eigenvalue weighted by atomic mass is 16.6. The molecule has 1 unspecified atom stereocenters. The van der Waals surface area contributed by atoms with E-state index in [1.807, 2.05) is 0 Å². The number of methoxy groups -OCH3 is 1. The van der Waals surface area contributed by atoms with Crippen LogP contribution >= 0.6 is 0 Å². The molecule has 0 N–H and O–H groups in total. The van der Waals surface area contributed by atoms with Gasteiger partial charge < -0.3 is 9.47 Å². The van der Waals surface area contributed by atoms with Gasteiger partial charge in [-0.1, -0.05) is 5.92 Å². The van der Waals surface area contributed by atoms with Crippen molar-refractivity contribution in [3.8, 4) is 17.6 Å². The minimum atomic E-state index is -1.27. The minimum absolute atomic E-state index is 0.107. The van der Waals surface area contributed by atoms with E-state index in [2.05, 4.69) is 11.8 Å². The Kier molecular flexibility index (Phi) is 4.64. The second-order valence-corrected chi connectivity index (χ2v) is 5.03. The summed E-state index contributed by atoms with van der Waals surface area (Å²) in [6, 6.07) is 7.21. The highest BCUT2D eigenvalue weighted by Crippen LogP contribution is 2.28. The highest BCUT2D eigenvalue weighted by molar-refractivity contribution is 5.93. The van der Waals surface area contributed by atoms with Crippen LogP contribution in [0.1, 0.15) is 38.2 Å². The Balaban J connectivity index is 2.28. The van der Waals surface area contributed by atoms with Gasteiger partial charge in [0.1, 0.15) is 5.75 Å². The fourth-order valence-corrected chi connectivity index (χ4v) is 2.36. The molecule has 110 valence electrons. The second-order valence-electron chi connectivity index (χ2n) is 5.03. The molecule has 1 aromatic carbocycles. The van der Waals surface area contributed by atoms with Crippen LogP contribution in [0.25, 0.3) is 0 Å². The van der Waals surface area contributed by atoms with Gasteiger partial charge in [-0.2, -0.15) is 0 Å². The Morgan fingerprint density at radius 2 is 1.95 bits per heavy atom. The third-order valence-corrected chi connectivity index (χ3v) is 3.45. The molecule has 1 aliphatic rings. The number of hydrogen-bond donors (Lipinski definition) is 0. The van der Waals surface area contributed by atoms with Gasteiger partial charge in [-0.15, -0.1) is 0 Å². The van der Waals surface area contributed by atoms with Crippen LogP contribution in [0.5, 0.6) is 5.75 Å². The second kappa shape index (κ2) is 6.45. The molecule has 0 saturated heterocycles. The summed E-state index contributed by atoms with van der Waals surface area (Å²) in [6.07, 6.45) is 2.53. The molecule has 2 rings (SSSR count). The van der Waals surface area contributed by atoms with Gasteiger partial charge in [0.15, 0.2) is 5.78 Å². The largest absolute Gasteiger partial charge is 0.497 e. The average Bonchev–Trinajstić information content (AvgIpc) is 2.48. The minimum Gasteiger partial charge on any atom is -0.497 e. The molecule has 1 saturated carbocycles. The lowest BCUT2D eigenvalue weighted by atomic mass is 9.83. The smallest absolute Gasteiger partial charge is 0.304 e. The quantitative estimate of drug-likeness (QED) is 0.619. The van der Waals surface area contributed by atoms with Gasteiger partial charge >= 0.3 is 5.97 Å². The van der Waals surface area contributed by atoms with Crippen molar-refractivity contribution in [2.75, 3.05) is 7.11 Å². The Morgan fingerprint density at radius 1 is 1.24 bits per heavy atom. The van der Waals surface area contributed by atoms with Gasteiger partial charge in [0.05, 0.1) is 7.11 Å². The zero-order chi connectivity index (χ0) is 15.3. The number of Topliss-reactive ketones (excluding diaryl/α,β-unsaturated/α-hetero) is 1. The fourth-order valence-electron chi connectivity index (χ4n) is 2.36. The number of ketones is 1. The Bertz CT molecular complexity index is 591. The van der Waals surface area contributed by atoms with E-state index in [9.17, 15) is 9.59 Å². The third-order valence-electron chi connectivity index (χ3n) is 3.45. The third kappa shape index (κ3) is 3.63. The number of carbonyl (C=O) groups excluding carboxylic acids is 2. The summed E-state index contributed by atoms with van der Waals surface area (Å²) < 4.78 is 10.4. The predicted molar refractivity (Wildman–Crippen MR) is 77.8 cm³/mol. The van der Waals surface area contributed by atoms with Crippen molar-refractivity contribution in [1.29, 1.82) is 0 Å². The molecule has 1 aromatic rings. The van der Waals surface area contributed by atoms with Crippen molar-refractivity contribution >= 4 is 11.8 Å². The van der Waals surface area contributed by atoms with Crippen LogP contribution in [-0.2, 0) is 14.3 Å². The van der Waals surface area contributed by atoms with Crippen molar-refractivity contribution in [3.63, 3.8) is 0 Å². The molecule has 0 bridgehead atoms. The van der Waals surface area contributed by atoms with Crippen molar-refractivity contribution in [2.24, 2.45) is 0 Å². The number of benzene rings is 1. The van der Waals surface area contributed by atoms with Gasteiger partial charge in [0.25, 0.3) is 0 Å². The van der Waals surface area contributed by atoms with Crippen LogP contribution in [0, 0.1) is 11.8 Å². The number of rotatable bonds is 2. The van der Waals surface area contributed by atoms with E-state index in [0.29, 0.717) is 12.8 Å². The van der Waals surface area contributed by atoms with E-state index in [1.54, 1.807) is 31.4 Å². The van der Waals surface area contributed by atoms with Gasteiger partial charge in [0.2, 0.25) is 5.60 Å². The van der Waals surface area contributed by atoms with Gasteiger partial charge in [-0.05, 0) is 43.0 Å². The Hall–Kier alpha value is -2.28. The van der Waals surface area contributed by atoms with Crippen LogP contribution in [0.4, 0.5) is 0 Å². The van der Waals surface area contributed by atoms with Crippen molar-refractivity contribution in [3.05, 3.63) is 29.8 Å². The van der Waals surface area contributed by atoms with Gasteiger partial charge in [-0.25, -0.2) is 0 Å². The van der Waals surface area contributed by atoms with E-state index in [-0.39, 0.29) is 5.78 Å². The van der Waals surface area contributed by atoms with E-state index in [0.717, 1.165) is 24.2 Å². The first-order valence-corrected chi connectivity index (χ1v) is 6.96. The highest BCUT2D eigenvalue weighted by Gasteiger charge is 2.41. The molecule has 0 radical (unpaired) electrons. The first-order chi connectivity index (χ1) is 10.1. The van der Waals surface area contributed by atoms with E-state index in [4.69, 9.17) is 9.47 Å². The Morgan fingerprint density at radius 3 is 2.52 bits per heavy atom. The van der Waals surface area contributed by atoms with E-state index in [1.165, 1.54) is 6.92 Å². The van der Waals surface area contributed by atoms with Crippen LogP contribution in [0.2, 0.25) is 0 Å². The number of carbonyl (C=O) groups is 2. The summed E-state index contributed by atoms with van der Waals surface area (Å²) in [7, 11) is 1.59. The maximum absolute atomic E-state index is 12.2. The van der Waals surface area contributed by atoms with Crippen LogP contribution in [0.15, 0.2) is 24.3 Å². The zero-order valence-electron chi connectivity index (χ0n) is 12.3. The average molecular weight is 286 g/mol. The summed E-state index contributed by atoms with van der Waals surface area (Å²) in [6.45, 7) is 1.30. The van der Waals surface area contributed by atoms with Crippen LogP contribution in [0.3, 0.4) is 0 Å². The van der Waals surface area contributed by atoms with Gasteiger partial charge in [0, 0.05) is 25.3 Å². The van der Waals surface area contributed by atoms with Crippen molar-refractivity contribution in [1.82, 2.24) is 0 Å². The summed E-state index contributed by atoms with van der Waals surface area (Å²) in [5.74, 6) is 5.98. The lowest BCUT2D eigenvalue weighted by molar-refractivity contribution is -0.161. The first-order valence-electron chi connectivity index (χ1n) is 6.96. The van der Waals surface area contributed by atoms with Gasteiger partial charge in [-0.3, -0.25) is 9.59 Å². The predicted octanol–water partition coefficient (Wildman–Crippen LogP) is 2.49. The van der Waals surface area contributed by atoms with E-state index < -0.39 is 11.6 Å². The number of hydrogen-bond acceptors (Lipinski definition) is 4. The van der Waals surface area contributed by atoms with Crippen LogP contribution in [-0.4, -0.2) is 24.5 Å². The molecule has 0 heterocycles. The molecule has 1 aliphatic carbocycles. The lowest BCUT2D eigenvalue weighted by Crippen LogP contribution is -2.44. The standard InChI is InChI=1S/C17H18O4/c1-13(18)21-17(11-4-3-5-16(17)19)12-10-14-6-8-15(20-2)9-7-14/h6-9H,3-5,11H2,1-2H3. The molecule has 21 heavy (non-hydrogen) atoms.